The molecule has 7 nitrogen and oxygen atoms in total. The highest BCUT2D eigenvalue weighted by Crippen LogP contribution is 2.12. The molecule has 2 amide bonds. The molecule has 1 aromatic rings. The molecule has 156 valence electrons. The first-order valence-electron chi connectivity index (χ1n) is 9.99. The molecular formula is C21H35N5O2. The number of amides is 2. The Bertz CT molecular complexity index is 651. The molecule has 0 aromatic heterocycles. The Kier molecular flexibility index (Phi) is 10.1. The van der Waals surface area contributed by atoms with E-state index >= 15 is 0 Å². The van der Waals surface area contributed by atoms with Gasteiger partial charge in [-0.3, -0.25) is 9.59 Å². The van der Waals surface area contributed by atoms with Crippen molar-refractivity contribution in [1.29, 1.82) is 0 Å². The summed E-state index contributed by atoms with van der Waals surface area (Å²) in [6, 6.07) is 7.66. The smallest absolute Gasteiger partial charge is 0.242 e. The number of nitrogens with one attached hydrogen (secondary N) is 2. The van der Waals surface area contributed by atoms with E-state index in [1.54, 1.807) is 0 Å². The number of anilines is 1. The van der Waals surface area contributed by atoms with Crippen molar-refractivity contribution in [1.82, 2.24) is 15.1 Å². The lowest BCUT2D eigenvalue weighted by molar-refractivity contribution is -0.131. The van der Waals surface area contributed by atoms with Crippen LogP contribution in [0.5, 0.6) is 0 Å². The quantitative estimate of drug-likeness (QED) is 0.503. The van der Waals surface area contributed by atoms with E-state index < -0.39 is 0 Å². The molecule has 0 spiro atoms. The molecule has 0 fully saturated rings. The van der Waals surface area contributed by atoms with Crippen molar-refractivity contribution in [2.24, 2.45) is 10.9 Å². The molecule has 0 bridgehead atoms. The minimum atomic E-state index is -0.0541. The third kappa shape index (κ3) is 7.58. The lowest BCUT2D eigenvalue weighted by Gasteiger charge is -2.25. The van der Waals surface area contributed by atoms with Crippen molar-refractivity contribution < 1.29 is 9.59 Å². The summed E-state index contributed by atoms with van der Waals surface area (Å²) in [6.07, 6.45) is 0. The zero-order chi connectivity index (χ0) is 21.1. The minimum absolute atomic E-state index is 0.000280. The average Bonchev–Trinajstić information content (AvgIpc) is 2.67. The number of hydrogen-bond donors (Lipinski definition) is 2. The largest absolute Gasteiger partial charge is 0.357 e. The Hall–Kier alpha value is -2.57. The maximum Gasteiger partial charge on any atom is 0.242 e. The van der Waals surface area contributed by atoms with Gasteiger partial charge in [-0.25, -0.2) is 4.99 Å². The molecule has 0 unspecified atom stereocenters. The normalized spacial score (nSPS) is 11.3. The van der Waals surface area contributed by atoms with Crippen molar-refractivity contribution in [2.75, 3.05) is 38.5 Å². The summed E-state index contributed by atoms with van der Waals surface area (Å²) in [7, 11) is 1.87. The van der Waals surface area contributed by atoms with E-state index in [0.717, 1.165) is 17.8 Å². The molecule has 0 heterocycles. The standard InChI is InChI=1S/C21H35N5O2/c1-7-22-21(25(6)15-19(27)26(8-2)9-3)23-14-17-10-12-18(13-11-17)24-20(28)16(4)5/h10-13,16H,7-9,14-15H2,1-6H3,(H,22,23)(H,24,28). The zero-order valence-corrected chi connectivity index (χ0v) is 18.1. The summed E-state index contributed by atoms with van der Waals surface area (Å²) in [5, 5.41) is 6.11. The molecule has 0 aliphatic rings. The van der Waals surface area contributed by atoms with Gasteiger partial charge < -0.3 is 20.4 Å². The van der Waals surface area contributed by atoms with Crippen LogP contribution in [0.1, 0.15) is 40.2 Å². The van der Waals surface area contributed by atoms with Gasteiger partial charge in [0.25, 0.3) is 0 Å². The molecule has 0 saturated carbocycles. The lowest BCUT2D eigenvalue weighted by Crippen LogP contribution is -2.45. The molecule has 0 saturated heterocycles. The van der Waals surface area contributed by atoms with Crippen LogP contribution < -0.4 is 10.6 Å². The van der Waals surface area contributed by atoms with Gasteiger partial charge in [0, 0.05) is 38.3 Å². The average molecular weight is 390 g/mol. The van der Waals surface area contributed by atoms with Gasteiger partial charge >= 0.3 is 0 Å². The van der Waals surface area contributed by atoms with E-state index in [-0.39, 0.29) is 24.3 Å². The number of carbonyl (C=O) groups excluding carboxylic acids is 2. The highest BCUT2D eigenvalue weighted by molar-refractivity contribution is 5.92. The predicted molar refractivity (Wildman–Crippen MR) is 115 cm³/mol. The predicted octanol–water partition coefficient (Wildman–Crippen LogP) is 2.55. The van der Waals surface area contributed by atoms with E-state index in [2.05, 4.69) is 15.6 Å². The Morgan fingerprint density at radius 3 is 2.18 bits per heavy atom. The summed E-state index contributed by atoms with van der Waals surface area (Å²) >= 11 is 0. The summed E-state index contributed by atoms with van der Waals surface area (Å²) in [6.45, 7) is 12.6. The number of rotatable bonds is 9. The SMILES string of the molecule is CCNC(=NCc1ccc(NC(=O)C(C)C)cc1)N(C)CC(=O)N(CC)CC. The molecule has 1 aromatic carbocycles. The zero-order valence-electron chi connectivity index (χ0n) is 18.1. The fourth-order valence-electron chi connectivity index (χ4n) is 2.57. The maximum atomic E-state index is 12.3. The second-order valence-electron chi connectivity index (χ2n) is 6.93. The van der Waals surface area contributed by atoms with E-state index in [0.29, 0.717) is 25.6 Å². The van der Waals surface area contributed by atoms with Gasteiger partial charge in [0.2, 0.25) is 11.8 Å². The molecule has 0 atom stereocenters. The van der Waals surface area contributed by atoms with E-state index in [1.165, 1.54) is 0 Å². The van der Waals surface area contributed by atoms with Crippen molar-refractivity contribution >= 4 is 23.5 Å². The van der Waals surface area contributed by atoms with Crippen LogP contribution in [0.3, 0.4) is 0 Å². The van der Waals surface area contributed by atoms with Gasteiger partial charge in [-0.05, 0) is 38.5 Å². The third-order valence-electron chi connectivity index (χ3n) is 4.34. The molecular weight excluding hydrogens is 354 g/mol. The topological polar surface area (TPSA) is 77.0 Å². The van der Waals surface area contributed by atoms with Crippen LogP contribution in [0.4, 0.5) is 5.69 Å². The number of benzene rings is 1. The number of nitrogens with zero attached hydrogens (tertiary/aromatic N) is 3. The van der Waals surface area contributed by atoms with E-state index in [4.69, 9.17) is 0 Å². The highest BCUT2D eigenvalue weighted by Gasteiger charge is 2.15. The van der Waals surface area contributed by atoms with Gasteiger partial charge in [-0.2, -0.15) is 0 Å². The van der Waals surface area contributed by atoms with Crippen molar-refractivity contribution in [2.45, 2.75) is 41.2 Å². The highest BCUT2D eigenvalue weighted by atomic mass is 16.2. The Morgan fingerprint density at radius 2 is 1.68 bits per heavy atom. The van der Waals surface area contributed by atoms with Crippen LogP contribution in [-0.2, 0) is 16.1 Å². The van der Waals surface area contributed by atoms with Gasteiger partial charge in [0.05, 0.1) is 13.1 Å². The van der Waals surface area contributed by atoms with Crippen LogP contribution in [0.2, 0.25) is 0 Å². The first kappa shape index (κ1) is 23.5. The number of likely N-dealkylation sites (N-methyl/N-ethyl adjacent to an activating group) is 2. The monoisotopic (exact) mass is 389 g/mol. The third-order valence-corrected chi connectivity index (χ3v) is 4.34. The van der Waals surface area contributed by atoms with Gasteiger partial charge in [0.1, 0.15) is 0 Å². The summed E-state index contributed by atoms with van der Waals surface area (Å²) in [5.41, 5.74) is 1.81. The van der Waals surface area contributed by atoms with Gasteiger partial charge in [-0.15, -0.1) is 0 Å². The second kappa shape index (κ2) is 12.0. The summed E-state index contributed by atoms with van der Waals surface area (Å²) in [4.78, 5) is 32.4. The van der Waals surface area contributed by atoms with Crippen LogP contribution in [-0.4, -0.2) is 60.8 Å². The fourth-order valence-corrected chi connectivity index (χ4v) is 2.57. The molecule has 0 aliphatic heterocycles. The van der Waals surface area contributed by atoms with Crippen molar-refractivity contribution in [3.63, 3.8) is 0 Å². The number of guanidine groups is 1. The number of hydrogen-bond acceptors (Lipinski definition) is 3. The first-order chi connectivity index (χ1) is 13.3. The Morgan fingerprint density at radius 1 is 1.07 bits per heavy atom. The van der Waals surface area contributed by atoms with E-state index in [1.807, 2.05) is 75.7 Å². The summed E-state index contributed by atoms with van der Waals surface area (Å²) in [5.74, 6) is 0.727. The molecule has 28 heavy (non-hydrogen) atoms. The van der Waals surface area contributed by atoms with Crippen molar-refractivity contribution in [3.8, 4) is 0 Å². The van der Waals surface area contributed by atoms with Gasteiger partial charge in [0.15, 0.2) is 5.96 Å². The van der Waals surface area contributed by atoms with Crippen molar-refractivity contribution in [3.05, 3.63) is 29.8 Å². The molecule has 1 rings (SSSR count). The summed E-state index contributed by atoms with van der Waals surface area (Å²) < 4.78 is 0. The van der Waals surface area contributed by atoms with Gasteiger partial charge in [-0.1, -0.05) is 26.0 Å². The van der Waals surface area contributed by atoms with Crippen LogP contribution in [0.15, 0.2) is 29.3 Å². The number of aliphatic imine (C=N–C) groups is 1. The maximum absolute atomic E-state index is 12.3. The van der Waals surface area contributed by atoms with Crippen LogP contribution in [0, 0.1) is 5.92 Å². The first-order valence-corrected chi connectivity index (χ1v) is 9.99. The Balaban J connectivity index is 2.75. The molecule has 0 radical (unpaired) electrons. The minimum Gasteiger partial charge on any atom is -0.357 e. The fraction of sp³-hybridized carbons (Fsp3) is 0.571. The molecule has 0 aliphatic carbocycles. The van der Waals surface area contributed by atoms with Crippen LogP contribution >= 0.6 is 0 Å². The molecule has 2 N–H and O–H groups in total. The number of carbonyl (C=O) groups is 2. The molecule has 7 heteroatoms. The Labute approximate surface area is 169 Å². The lowest BCUT2D eigenvalue weighted by atomic mass is 10.2. The van der Waals surface area contributed by atoms with Crippen LogP contribution in [0.25, 0.3) is 0 Å². The van der Waals surface area contributed by atoms with E-state index in [9.17, 15) is 9.59 Å². The second-order valence-corrected chi connectivity index (χ2v) is 6.93.